The van der Waals surface area contributed by atoms with Gasteiger partial charge < -0.3 is 9.73 Å². The van der Waals surface area contributed by atoms with E-state index >= 15 is 0 Å². The van der Waals surface area contributed by atoms with Crippen LogP contribution in [0.3, 0.4) is 0 Å². The van der Waals surface area contributed by atoms with Crippen molar-refractivity contribution < 1.29 is 9.21 Å². The van der Waals surface area contributed by atoms with E-state index in [9.17, 15) is 4.79 Å². The molecule has 1 N–H and O–H groups in total. The molecule has 1 atom stereocenters. The Balaban J connectivity index is 1.88. The average molecular weight is 364 g/mol. The number of unbranched alkanes of at least 4 members (excludes halogenated alkanes) is 1. The number of nitrogens with zero attached hydrogens (tertiary/aromatic N) is 2. The first-order chi connectivity index (χ1) is 12.0. The lowest BCUT2D eigenvalue weighted by atomic mass is 10.1. The van der Waals surface area contributed by atoms with Crippen molar-refractivity contribution in [3.8, 4) is 0 Å². The Kier molecular flexibility index (Phi) is 7.31. The largest absolute Gasteiger partial charge is 0.469 e. The zero-order chi connectivity index (χ0) is 18.2. The van der Waals surface area contributed by atoms with Crippen molar-refractivity contribution in [2.45, 2.75) is 59.0 Å². The third kappa shape index (κ3) is 5.78. The molecule has 2 aromatic rings. The topological polar surface area (TPSA) is 60.1 Å². The van der Waals surface area contributed by atoms with Gasteiger partial charge in [-0.25, -0.2) is 0 Å². The number of halogens is 1. The van der Waals surface area contributed by atoms with Crippen LogP contribution in [0.1, 0.15) is 50.1 Å². The van der Waals surface area contributed by atoms with E-state index in [0.717, 1.165) is 49.2 Å². The van der Waals surface area contributed by atoms with Crippen LogP contribution in [-0.4, -0.2) is 21.7 Å². The van der Waals surface area contributed by atoms with E-state index in [0.29, 0.717) is 5.15 Å². The van der Waals surface area contributed by atoms with E-state index < -0.39 is 0 Å². The van der Waals surface area contributed by atoms with Crippen LogP contribution in [0.4, 0.5) is 0 Å². The summed E-state index contributed by atoms with van der Waals surface area (Å²) in [6.45, 7) is 6.80. The summed E-state index contributed by atoms with van der Waals surface area (Å²) < 4.78 is 7.10. The van der Waals surface area contributed by atoms with Crippen LogP contribution in [0.15, 0.2) is 28.9 Å². The number of rotatable bonds is 9. The zero-order valence-electron chi connectivity index (χ0n) is 15.1. The number of aryl methyl sites for hydroxylation is 3. The van der Waals surface area contributed by atoms with Crippen LogP contribution in [0.5, 0.6) is 0 Å². The number of hydrogen-bond donors (Lipinski definition) is 1. The molecule has 2 heterocycles. The molecule has 25 heavy (non-hydrogen) atoms. The fraction of sp³-hybridized carbons (Fsp3) is 0.474. The average Bonchev–Trinajstić information content (AvgIpc) is 3.18. The monoisotopic (exact) mass is 363 g/mol. The smallest absolute Gasteiger partial charge is 0.244 e. The second-order valence-corrected chi connectivity index (χ2v) is 6.59. The molecule has 0 bridgehead atoms. The Hall–Kier alpha value is -2.01. The summed E-state index contributed by atoms with van der Waals surface area (Å²) >= 11 is 6.37. The quantitative estimate of drug-likeness (QED) is 0.672. The van der Waals surface area contributed by atoms with Crippen molar-refractivity contribution in [3.63, 3.8) is 0 Å². The van der Waals surface area contributed by atoms with Crippen molar-refractivity contribution in [1.29, 1.82) is 0 Å². The van der Waals surface area contributed by atoms with Gasteiger partial charge in [0, 0.05) is 30.6 Å². The highest BCUT2D eigenvalue weighted by Gasteiger charge is 2.11. The van der Waals surface area contributed by atoms with Crippen LogP contribution >= 0.6 is 11.6 Å². The number of aromatic nitrogens is 2. The molecule has 6 heteroatoms. The Morgan fingerprint density at radius 1 is 1.52 bits per heavy atom. The van der Waals surface area contributed by atoms with Crippen LogP contribution in [0.25, 0.3) is 6.08 Å². The lowest BCUT2D eigenvalue weighted by Crippen LogP contribution is -2.31. The zero-order valence-corrected chi connectivity index (χ0v) is 15.8. The highest BCUT2D eigenvalue weighted by molar-refractivity contribution is 6.31. The van der Waals surface area contributed by atoms with Gasteiger partial charge in [-0.2, -0.15) is 5.10 Å². The molecule has 0 spiro atoms. The van der Waals surface area contributed by atoms with E-state index in [-0.39, 0.29) is 11.9 Å². The van der Waals surface area contributed by atoms with Crippen molar-refractivity contribution in [3.05, 3.63) is 46.6 Å². The molecule has 5 nitrogen and oxygen atoms in total. The second kappa shape index (κ2) is 9.47. The maximum atomic E-state index is 12.1. The molecule has 0 aliphatic carbocycles. The first-order valence-corrected chi connectivity index (χ1v) is 9.13. The van der Waals surface area contributed by atoms with Gasteiger partial charge in [0.15, 0.2) is 0 Å². The standard InChI is InChI=1S/C19H26ClN3O2/c1-4-5-12-23-19(20)17(15(3)22-23)10-11-18(24)21-14(2)8-9-16-7-6-13-25-16/h6-7,10-11,13-14H,4-5,8-9,12H2,1-3H3,(H,21,24)/b11-10+. The minimum absolute atomic E-state index is 0.0612. The maximum Gasteiger partial charge on any atom is 0.244 e. The van der Waals surface area contributed by atoms with Crippen molar-refractivity contribution in [1.82, 2.24) is 15.1 Å². The Morgan fingerprint density at radius 3 is 3.00 bits per heavy atom. The van der Waals surface area contributed by atoms with Gasteiger partial charge in [0.2, 0.25) is 5.91 Å². The number of carbonyl (C=O) groups excluding carboxylic acids is 1. The summed E-state index contributed by atoms with van der Waals surface area (Å²) in [7, 11) is 0. The molecule has 0 saturated heterocycles. The lowest BCUT2D eigenvalue weighted by Gasteiger charge is -2.11. The highest BCUT2D eigenvalue weighted by atomic mass is 35.5. The van der Waals surface area contributed by atoms with Crippen LogP contribution < -0.4 is 5.32 Å². The van der Waals surface area contributed by atoms with Gasteiger partial charge in [-0.3, -0.25) is 9.48 Å². The molecule has 2 aromatic heterocycles. The Labute approximate surface area is 154 Å². The number of amides is 1. The van der Waals surface area contributed by atoms with Crippen molar-refractivity contribution in [2.75, 3.05) is 0 Å². The molecule has 0 aliphatic rings. The van der Waals surface area contributed by atoms with E-state index in [4.69, 9.17) is 16.0 Å². The fourth-order valence-electron chi connectivity index (χ4n) is 2.55. The SMILES string of the molecule is CCCCn1nc(C)c(/C=C/C(=O)NC(C)CCc2ccco2)c1Cl. The molecule has 136 valence electrons. The van der Waals surface area contributed by atoms with Gasteiger partial charge >= 0.3 is 0 Å². The summed E-state index contributed by atoms with van der Waals surface area (Å²) in [4.78, 5) is 12.1. The van der Waals surface area contributed by atoms with Gasteiger partial charge in [0.25, 0.3) is 0 Å². The Bertz CT molecular complexity index is 705. The highest BCUT2D eigenvalue weighted by Crippen LogP contribution is 2.21. The summed E-state index contributed by atoms with van der Waals surface area (Å²) in [5, 5.41) is 7.97. The molecule has 1 unspecified atom stereocenters. The molecular weight excluding hydrogens is 338 g/mol. The summed E-state index contributed by atoms with van der Waals surface area (Å²) in [6.07, 6.45) is 8.64. The molecule has 2 rings (SSSR count). The third-order valence-electron chi connectivity index (χ3n) is 4.03. The Morgan fingerprint density at radius 2 is 2.32 bits per heavy atom. The van der Waals surface area contributed by atoms with Crippen molar-refractivity contribution in [2.24, 2.45) is 0 Å². The first kappa shape index (κ1) is 19.3. The number of hydrogen-bond acceptors (Lipinski definition) is 3. The minimum atomic E-state index is -0.135. The molecule has 0 aromatic carbocycles. The van der Waals surface area contributed by atoms with Gasteiger partial charge in [-0.15, -0.1) is 0 Å². The van der Waals surface area contributed by atoms with Crippen LogP contribution in [0.2, 0.25) is 5.15 Å². The third-order valence-corrected chi connectivity index (χ3v) is 4.43. The van der Waals surface area contributed by atoms with E-state index in [1.165, 1.54) is 6.08 Å². The number of furan rings is 1. The molecular formula is C19H26ClN3O2. The van der Waals surface area contributed by atoms with Gasteiger partial charge in [0.1, 0.15) is 10.9 Å². The molecule has 0 radical (unpaired) electrons. The van der Waals surface area contributed by atoms with E-state index in [1.54, 1.807) is 17.0 Å². The number of nitrogens with one attached hydrogen (secondary N) is 1. The van der Waals surface area contributed by atoms with Crippen molar-refractivity contribution >= 4 is 23.6 Å². The van der Waals surface area contributed by atoms with E-state index in [1.807, 2.05) is 26.0 Å². The van der Waals surface area contributed by atoms with Crippen LogP contribution in [-0.2, 0) is 17.8 Å². The molecule has 0 saturated carbocycles. The lowest BCUT2D eigenvalue weighted by molar-refractivity contribution is -0.117. The summed E-state index contributed by atoms with van der Waals surface area (Å²) in [5.41, 5.74) is 1.63. The van der Waals surface area contributed by atoms with Gasteiger partial charge in [0.05, 0.1) is 12.0 Å². The minimum Gasteiger partial charge on any atom is -0.469 e. The van der Waals surface area contributed by atoms with Crippen LogP contribution in [0, 0.1) is 6.92 Å². The second-order valence-electron chi connectivity index (χ2n) is 6.23. The number of carbonyl (C=O) groups is 1. The predicted molar refractivity (Wildman–Crippen MR) is 101 cm³/mol. The fourth-order valence-corrected chi connectivity index (χ4v) is 2.87. The van der Waals surface area contributed by atoms with Gasteiger partial charge in [-0.05, 0) is 44.9 Å². The normalized spacial score (nSPS) is 12.6. The molecule has 0 fully saturated rings. The summed E-state index contributed by atoms with van der Waals surface area (Å²) in [5.74, 6) is 0.794. The first-order valence-electron chi connectivity index (χ1n) is 8.75. The van der Waals surface area contributed by atoms with E-state index in [2.05, 4.69) is 17.3 Å². The van der Waals surface area contributed by atoms with Gasteiger partial charge in [-0.1, -0.05) is 24.9 Å². The summed E-state index contributed by atoms with van der Waals surface area (Å²) in [6, 6.07) is 3.87. The predicted octanol–water partition coefficient (Wildman–Crippen LogP) is 4.39. The maximum absolute atomic E-state index is 12.1. The molecule has 1 amide bonds. The molecule has 0 aliphatic heterocycles.